The van der Waals surface area contributed by atoms with Crippen molar-refractivity contribution >= 4 is 50.2 Å². The lowest BCUT2D eigenvalue weighted by molar-refractivity contribution is -0.140. The summed E-state index contributed by atoms with van der Waals surface area (Å²) in [6, 6.07) is 4.17. The van der Waals surface area contributed by atoms with Gasteiger partial charge in [-0.25, -0.2) is 27.8 Å². The number of nitrogens with zero attached hydrogens (tertiary/aromatic N) is 6. The van der Waals surface area contributed by atoms with Crippen LogP contribution in [-0.4, -0.2) is 78.6 Å². The molecule has 226 valence electrons. The molecule has 1 unspecified atom stereocenters. The highest BCUT2D eigenvalue weighted by Gasteiger charge is 2.39. The summed E-state index contributed by atoms with van der Waals surface area (Å²) in [7, 11) is -3.23. The van der Waals surface area contributed by atoms with Crippen molar-refractivity contribution in [2.75, 3.05) is 50.4 Å². The molecule has 3 heterocycles. The minimum atomic E-state index is -4.70. The summed E-state index contributed by atoms with van der Waals surface area (Å²) in [5, 5.41) is 4.61. The molecule has 1 fully saturated rings. The van der Waals surface area contributed by atoms with E-state index >= 15 is 0 Å². The van der Waals surface area contributed by atoms with Crippen molar-refractivity contribution in [3.63, 3.8) is 0 Å². The summed E-state index contributed by atoms with van der Waals surface area (Å²) < 4.78 is 68.1. The van der Waals surface area contributed by atoms with Crippen LogP contribution in [0.3, 0.4) is 0 Å². The van der Waals surface area contributed by atoms with Crippen LogP contribution in [0.1, 0.15) is 50.4 Å². The van der Waals surface area contributed by atoms with Crippen LogP contribution in [0.25, 0.3) is 11.2 Å². The quantitative estimate of drug-likeness (QED) is 0.274. The zero-order chi connectivity index (χ0) is 29.9. The fourth-order valence-corrected chi connectivity index (χ4v) is 5.92. The Morgan fingerprint density at radius 3 is 2.56 bits per heavy atom. The molecule has 1 aliphatic heterocycles. The van der Waals surface area contributed by atoms with Gasteiger partial charge in [-0.05, 0) is 56.5 Å². The summed E-state index contributed by atoms with van der Waals surface area (Å²) in [6.45, 7) is 7.92. The number of unbranched alkanes of at least 4 members (excludes halogenated alkanes) is 1. The average Bonchev–Trinajstić information content (AvgIpc) is 3.24. The maximum atomic E-state index is 13.8. The zero-order valence-electron chi connectivity index (χ0n) is 23.1. The van der Waals surface area contributed by atoms with Gasteiger partial charge in [0.1, 0.15) is 11.3 Å². The molecule has 1 aromatic carbocycles. The molecule has 2 aromatic heterocycles. The van der Waals surface area contributed by atoms with Crippen molar-refractivity contribution in [3.8, 4) is 0 Å². The molecule has 9 nitrogen and oxygen atoms in total. The first-order chi connectivity index (χ1) is 19.3. The second-order valence-corrected chi connectivity index (χ2v) is 13.1. The second kappa shape index (κ2) is 13.0. The first-order valence-corrected chi connectivity index (χ1v) is 16.1. The van der Waals surface area contributed by atoms with E-state index < -0.39 is 27.9 Å². The van der Waals surface area contributed by atoms with E-state index in [0.717, 1.165) is 38.6 Å². The largest absolute Gasteiger partial charge is 0.437 e. The summed E-state index contributed by atoms with van der Waals surface area (Å²) in [5.74, 6) is 0.861. The van der Waals surface area contributed by atoms with Gasteiger partial charge in [0.2, 0.25) is 10.0 Å². The lowest BCUT2D eigenvalue weighted by Crippen LogP contribution is -2.48. The number of hydrogen-bond acceptors (Lipinski definition) is 7. The monoisotopic (exact) mass is 635 g/mol. The number of aromatic nitrogens is 4. The van der Waals surface area contributed by atoms with Gasteiger partial charge in [-0.15, -0.1) is 0 Å². The van der Waals surface area contributed by atoms with E-state index in [4.69, 9.17) is 23.2 Å². The Morgan fingerprint density at radius 1 is 1.20 bits per heavy atom. The molecule has 1 atom stereocenters. The van der Waals surface area contributed by atoms with E-state index in [1.54, 1.807) is 19.1 Å². The molecule has 0 radical (unpaired) electrons. The van der Waals surface area contributed by atoms with Crippen LogP contribution in [0.5, 0.6) is 0 Å². The summed E-state index contributed by atoms with van der Waals surface area (Å²) >= 11 is 12.4. The van der Waals surface area contributed by atoms with E-state index in [2.05, 4.69) is 31.6 Å². The molecule has 0 saturated carbocycles. The lowest BCUT2D eigenvalue weighted by Gasteiger charge is -2.41. The predicted octanol–water partition coefficient (Wildman–Crippen LogP) is 5.24. The lowest BCUT2D eigenvalue weighted by atomic mass is 9.96. The van der Waals surface area contributed by atoms with E-state index in [1.807, 2.05) is 4.90 Å². The molecule has 1 saturated heterocycles. The third-order valence-corrected chi connectivity index (χ3v) is 8.48. The fourth-order valence-electron chi connectivity index (χ4n) is 4.90. The molecule has 0 aliphatic carbocycles. The summed E-state index contributed by atoms with van der Waals surface area (Å²) in [5.41, 5.74) is -0.822. The van der Waals surface area contributed by atoms with Gasteiger partial charge in [0, 0.05) is 36.2 Å². The maximum absolute atomic E-state index is 13.8. The number of nitrogens with one attached hydrogen (secondary N) is 1. The Morgan fingerprint density at radius 2 is 1.93 bits per heavy atom. The minimum Gasteiger partial charge on any atom is -0.355 e. The van der Waals surface area contributed by atoms with E-state index in [1.165, 1.54) is 16.9 Å². The number of rotatable bonds is 13. The summed E-state index contributed by atoms with van der Waals surface area (Å²) in [6.07, 6.45) is 0.798. The van der Waals surface area contributed by atoms with Gasteiger partial charge in [-0.1, -0.05) is 42.6 Å². The zero-order valence-corrected chi connectivity index (χ0v) is 25.5. The van der Waals surface area contributed by atoms with Crippen molar-refractivity contribution in [2.24, 2.45) is 5.92 Å². The minimum absolute atomic E-state index is 0.0286. The number of halogens is 5. The molecule has 41 heavy (non-hydrogen) atoms. The summed E-state index contributed by atoms with van der Waals surface area (Å²) in [4.78, 5) is 13.0. The topological polar surface area (TPSA) is 96.3 Å². The van der Waals surface area contributed by atoms with Crippen LogP contribution in [-0.2, 0) is 16.2 Å². The van der Waals surface area contributed by atoms with Gasteiger partial charge in [-0.3, -0.25) is 0 Å². The molecule has 15 heteroatoms. The average molecular weight is 637 g/mol. The number of alkyl halides is 3. The number of anilines is 1. The smallest absolute Gasteiger partial charge is 0.355 e. The van der Waals surface area contributed by atoms with Crippen molar-refractivity contribution < 1.29 is 21.6 Å². The van der Waals surface area contributed by atoms with Crippen molar-refractivity contribution in [1.82, 2.24) is 29.4 Å². The molecule has 0 spiro atoms. The Bertz CT molecular complexity index is 1460. The number of benzene rings is 1. The van der Waals surface area contributed by atoms with E-state index in [9.17, 15) is 21.6 Å². The van der Waals surface area contributed by atoms with Crippen LogP contribution in [0.2, 0.25) is 10.0 Å². The van der Waals surface area contributed by atoms with E-state index in [0.29, 0.717) is 53.5 Å². The first kappa shape index (κ1) is 31.7. The third-order valence-electron chi connectivity index (χ3n) is 7.19. The molecule has 1 aliphatic rings. The van der Waals surface area contributed by atoms with Gasteiger partial charge >= 0.3 is 6.18 Å². The highest BCUT2D eigenvalue weighted by Crippen LogP contribution is 2.37. The SMILES string of the molecule is CCCCN(CCNS(C)(=O)=O)CCC1CN(c2cnc3c(C(F)(F)F)nn(C(C)c4ccc(Cl)cc4Cl)c3n2)C1. The van der Waals surface area contributed by atoms with Crippen molar-refractivity contribution in [2.45, 2.75) is 45.3 Å². The van der Waals surface area contributed by atoms with Crippen molar-refractivity contribution in [3.05, 3.63) is 45.7 Å². The second-order valence-electron chi connectivity index (χ2n) is 10.5. The van der Waals surface area contributed by atoms with Gasteiger partial charge in [-0.2, -0.15) is 18.3 Å². The molecule has 0 bridgehead atoms. The van der Waals surface area contributed by atoms with Crippen LogP contribution in [0, 0.1) is 5.92 Å². The molecule has 3 aromatic rings. The molecule has 4 rings (SSSR count). The maximum Gasteiger partial charge on any atom is 0.437 e. The standard InChI is InChI=1S/C26H34Cl2F3N7O2S/c1-4-5-10-36(12-9-33-41(3,39)40)11-8-18-15-37(16-18)22-14-32-23-24(26(29,30)31)35-38(25(23)34-22)17(2)20-7-6-19(27)13-21(20)28/h6-7,13-14,17-18,33H,4-5,8-12,15-16H2,1-3H3. The van der Waals surface area contributed by atoms with Crippen LogP contribution >= 0.6 is 23.2 Å². The van der Waals surface area contributed by atoms with Gasteiger partial charge in [0.15, 0.2) is 11.3 Å². The Kier molecular flexibility index (Phi) is 10.1. The Labute approximate surface area is 248 Å². The number of fused-ring (bicyclic) bond motifs is 1. The third kappa shape index (κ3) is 8.01. The van der Waals surface area contributed by atoms with Gasteiger partial charge in [0.25, 0.3) is 0 Å². The number of hydrogen-bond donors (Lipinski definition) is 1. The normalized spacial score (nSPS) is 15.6. The number of sulfonamides is 1. The van der Waals surface area contributed by atoms with Gasteiger partial charge in [0.05, 0.1) is 18.5 Å². The molecular weight excluding hydrogens is 602 g/mol. The first-order valence-electron chi connectivity index (χ1n) is 13.5. The van der Waals surface area contributed by atoms with Gasteiger partial charge < -0.3 is 9.80 Å². The van der Waals surface area contributed by atoms with Crippen LogP contribution in [0.15, 0.2) is 24.4 Å². The highest BCUT2D eigenvalue weighted by molar-refractivity contribution is 7.88. The molecule has 0 amide bonds. The predicted molar refractivity (Wildman–Crippen MR) is 155 cm³/mol. The molecule has 1 N–H and O–H groups in total. The molecular formula is C26H34Cl2F3N7O2S. The van der Waals surface area contributed by atoms with Crippen LogP contribution < -0.4 is 9.62 Å². The Hall–Kier alpha value is -2.19. The highest BCUT2D eigenvalue weighted by atomic mass is 35.5. The van der Waals surface area contributed by atoms with E-state index in [-0.39, 0.29) is 11.2 Å². The Balaban J connectivity index is 1.47. The van der Waals surface area contributed by atoms with Crippen LogP contribution in [0.4, 0.5) is 19.0 Å². The van der Waals surface area contributed by atoms with Crippen molar-refractivity contribution in [1.29, 1.82) is 0 Å². The fraction of sp³-hybridized carbons (Fsp3) is 0.577.